The average molecular weight is 261 g/mol. The molecule has 0 aromatic heterocycles. The van der Waals surface area contributed by atoms with E-state index in [0.29, 0.717) is 6.54 Å². The standard InChI is InChI=1S/C15H23N3O/c1-15(2,16)14(19)17-9-5-10-18-11-8-12-6-3-4-7-13(12)18/h3-4,6-7H,5,8-11,16H2,1-2H3,(H,17,19). The molecule has 0 saturated carbocycles. The molecule has 1 aromatic carbocycles. The minimum absolute atomic E-state index is 0.0886. The number of nitrogens with two attached hydrogens (primary N) is 1. The van der Waals surface area contributed by atoms with Crippen LogP contribution >= 0.6 is 0 Å². The number of benzene rings is 1. The molecule has 4 nitrogen and oxygen atoms in total. The summed E-state index contributed by atoms with van der Waals surface area (Å²) in [6.07, 6.45) is 2.06. The first kappa shape index (κ1) is 13.9. The van der Waals surface area contributed by atoms with Crippen LogP contribution in [0.5, 0.6) is 0 Å². The summed E-state index contributed by atoms with van der Waals surface area (Å²) in [5.41, 5.74) is 7.70. The van der Waals surface area contributed by atoms with Gasteiger partial charge in [-0.25, -0.2) is 0 Å². The molecular weight excluding hydrogens is 238 g/mol. The van der Waals surface area contributed by atoms with E-state index < -0.39 is 5.54 Å². The van der Waals surface area contributed by atoms with E-state index in [-0.39, 0.29) is 5.91 Å². The highest BCUT2D eigenvalue weighted by molar-refractivity contribution is 5.84. The molecule has 3 N–H and O–H groups in total. The van der Waals surface area contributed by atoms with Crippen LogP contribution < -0.4 is 16.0 Å². The molecule has 104 valence electrons. The van der Waals surface area contributed by atoms with Crippen LogP contribution in [-0.2, 0) is 11.2 Å². The van der Waals surface area contributed by atoms with Gasteiger partial charge in [0.25, 0.3) is 0 Å². The van der Waals surface area contributed by atoms with E-state index in [1.165, 1.54) is 11.3 Å². The highest BCUT2D eigenvalue weighted by Gasteiger charge is 2.21. The Morgan fingerprint density at radius 2 is 2.16 bits per heavy atom. The molecule has 19 heavy (non-hydrogen) atoms. The topological polar surface area (TPSA) is 58.4 Å². The van der Waals surface area contributed by atoms with Crippen LogP contribution in [0.2, 0.25) is 0 Å². The zero-order chi connectivity index (χ0) is 13.9. The first-order valence-corrected chi connectivity index (χ1v) is 6.88. The Hall–Kier alpha value is -1.55. The molecule has 0 radical (unpaired) electrons. The monoisotopic (exact) mass is 261 g/mol. The third-order valence-corrected chi connectivity index (χ3v) is 3.46. The maximum atomic E-state index is 11.6. The van der Waals surface area contributed by atoms with Crippen LogP contribution in [0.4, 0.5) is 5.69 Å². The number of carbonyl (C=O) groups excluding carboxylic acids is 1. The van der Waals surface area contributed by atoms with Gasteiger partial charge in [-0.05, 0) is 38.3 Å². The number of fused-ring (bicyclic) bond motifs is 1. The van der Waals surface area contributed by atoms with E-state index in [0.717, 1.165) is 25.9 Å². The number of nitrogens with one attached hydrogen (secondary N) is 1. The smallest absolute Gasteiger partial charge is 0.239 e. The van der Waals surface area contributed by atoms with Crippen LogP contribution in [-0.4, -0.2) is 31.1 Å². The van der Waals surface area contributed by atoms with Gasteiger partial charge >= 0.3 is 0 Å². The lowest BCUT2D eigenvalue weighted by Crippen LogP contribution is -2.49. The van der Waals surface area contributed by atoms with Crippen LogP contribution in [0, 0.1) is 0 Å². The lowest BCUT2D eigenvalue weighted by Gasteiger charge is -2.21. The highest BCUT2D eigenvalue weighted by Crippen LogP contribution is 2.27. The van der Waals surface area contributed by atoms with Gasteiger partial charge in [-0.15, -0.1) is 0 Å². The molecular formula is C15H23N3O. The Morgan fingerprint density at radius 3 is 2.89 bits per heavy atom. The molecule has 0 fully saturated rings. The summed E-state index contributed by atoms with van der Waals surface area (Å²) < 4.78 is 0. The van der Waals surface area contributed by atoms with Crippen molar-refractivity contribution in [3.63, 3.8) is 0 Å². The summed E-state index contributed by atoms with van der Waals surface area (Å²) in [5, 5.41) is 2.88. The van der Waals surface area contributed by atoms with E-state index in [1.54, 1.807) is 13.8 Å². The Balaban J connectivity index is 1.75. The van der Waals surface area contributed by atoms with Crippen LogP contribution in [0.1, 0.15) is 25.8 Å². The molecule has 1 aliphatic heterocycles. The van der Waals surface area contributed by atoms with Gasteiger partial charge in [0, 0.05) is 25.3 Å². The molecule has 0 unspecified atom stereocenters. The number of anilines is 1. The summed E-state index contributed by atoms with van der Waals surface area (Å²) in [4.78, 5) is 14.0. The van der Waals surface area contributed by atoms with Gasteiger partial charge in [-0.3, -0.25) is 4.79 Å². The van der Waals surface area contributed by atoms with Gasteiger partial charge in [0.1, 0.15) is 0 Å². The molecule has 0 saturated heterocycles. The quantitative estimate of drug-likeness (QED) is 0.785. The van der Waals surface area contributed by atoms with E-state index >= 15 is 0 Å². The largest absolute Gasteiger partial charge is 0.371 e. The second kappa shape index (κ2) is 5.61. The minimum atomic E-state index is -0.791. The molecule has 0 bridgehead atoms. The van der Waals surface area contributed by atoms with Gasteiger partial charge in [0.05, 0.1) is 5.54 Å². The third-order valence-electron chi connectivity index (χ3n) is 3.46. The molecule has 4 heteroatoms. The summed E-state index contributed by atoms with van der Waals surface area (Å²) in [7, 11) is 0. The first-order valence-electron chi connectivity index (χ1n) is 6.88. The van der Waals surface area contributed by atoms with E-state index in [1.807, 2.05) is 0 Å². The lowest BCUT2D eigenvalue weighted by molar-refractivity contribution is -0.125. The molecule has 1 heterocycles. The second-order valence-corrected chi connectivity index (χ2v) is 5.70. The fraction of sp³-hybridized carbons (Fsp3) is 0.533. The Bertz CT molecular complexity index is 451. The molecule has 0 spiro atoms. The SMILES string of the molecule is CC(C)(N)C(=O)NCCCN1CCc2ccccc21. The van der Waals surface area contributed by atoms with Crippen LogP contribution in [0.3, 0.4) is 0 Å². The predicted octanol–water partition coefficient (Wildman–Crippen LogP) is 1.29. The molecule has 0 atom stereocenters. The molecule has 2 rings (SSSR count). The number of nitrogens with zero attached hydrogens (tertiary/aromatic N) is 1. The summed E-state index contributed by atoms with van der Waals surface area (Å²) in [6, 6.07) is 8.53. The molecule has 1 aromatic rings. The number of amides is 1. The lowest BCUT2D eigenvalue weighted by atomic mass is 10.1. The number of hydrogen-bond donors (Lipinski definition) is 2. The zero-order valence-electron chi connectivity index (χ0n) is 11.8. The Labute approximate surface area is 115 Å². The minimum Gasteiger partial charge on any atom is -0.371 e. The number of hydrogen-bond acceptors (Lipinski definition) is 3. The summed E-state index contributed by atoms with van der Waals surface area (Å²) in [6.45, 7) is 6.17. The van der Waals surface area contributed by atoms with Crippen molar-refractivity contribution in [1.29, 1.82) is 0 Å². The van der Waals surface area contributed by atoms with Gasteiger partial charge in [0.2, 0.25) is 5.91 Å². The van der Waals surface area contributed by atoms with Crippen molar-refractivity contribution in [3.05, 3.63) is 29.8 Å². The van der Waals surface area contributed by atoms with Crippen molar-refractivity contribution in [2.75, 3.05) is 24.5 Å². The first-order chi connectivity index (χ1) is 8.98. The van der Waals surface area contributed by atoms with Crippen molar-refractivity contribution in [2.24, 2.45) is 5.73 Å². The van der Waals surface area contributed by atoms with Gasteiger partial charge < -0.3 is 16.0 Å². The van der Waals surface area contributed by atoms with Gasteiger partial charge in [-0.1, -0.05) is 18.2 Å². The van der Waals surface area contributed by atoms with E-state index in [9.17, 15) is 4.79 Å². The zero-order valence-corrected chi connectivity index (χ0v) is 11.8. The number of rotatable bonds is 5. The van der Waals surface area contributed by atoms with E-state index in [2.05, 4.69) is 34.5 Å². The number of para-hydroxylation sites is 1. The fourth-order valence-corrected chi connectivity index (χ4v) is 2.34. The summed E-state index contributed by atoms with van der Waals surface area (Å²) in [5.74, 6) is -0.0886. The highest BCUT2D eigenvalue weighted by atomic mass is 16.2. The normalized spacial score (nSPS) is 14.4. The second-order valence-electron chi connectivity index (χ2n) is 5.70. The van der Waals surface area contributed by atoms with Crippen LogP contribution in [0.15, 0.2) is 24.3 Å². The van der Waals surface area contributed by atoms with Gasteiger partial charge in [0.15, 0.2) is 0 Å². The van der Waals surface area contributed by atoms with Crippen molar-refractivity contribution < 1.29 is 4.79 Å². The van der Waals surface area contributed by atoms with Crippen molar-refractivity contribution in [1.82, 2.24) is 5.32 Å². The third kappa shape index (κ3) is 3.47. The Kier molecular flexibility index (Phi) is 4.10. The van der Waals surface area contributed by atoms with Crippen molar-refractivity contribution in [2.45, 2.75) is 32.2 Å². The van der Waals surface area contributed by atoms with Crippen molar-refractivity contribution in [3.8, 4) is 0 Å². The molecule has 1 aliphatic rings. The number of carbonyl (C=O) groups is 1. The predicted molar refractivity (Wildman–Crippen MR) is 78.3 cm³/mol. The van der Waals surface area contributed by atoms with Crippen molar-refractivity contribution >= 4 is 11.6 Å². The van der Waals surface area contributed by atoms with Crippen LogP contribution in [0.25, 0.3) is 0 Å². The van der Waals surface area contributed by atoms with E-state index in [4.69, 9.17) is 5.73 Å². The fourth-order valence-electron chi connectivity index (χ4n) is 2.34. The average Bonchev–Trinajstić information content (AvgIpc) is 2.76. The maximum Gasteiger partial charge on any atom is 0.239 e. The molecule has 0 aliphatic carbocycles. The van der Waals surface area contributed by atoms with Gasteiger partial charge in [-0.2, -0.15) is 0 Å². The summed E-state index contributed by atoms with van der Waals surface area (Å²) >= 11 is 0. The Morgan fingerprint density at radius 1 is 1.42 bits per heavy atom. The molecule has 1 amide bonds. The maximum absolute atomic E-state index is 11.6.